The molecule has 2 heterocycles. The van der Waals surface area contributed by atoms with E-state index in [9.17, 15) is 4.79 Å². The molecule has 1 aliphatic heterocycles. The van der Waals surface area contributed by atoms with Crippen LogP contribution in [0.5, 0.6) is 0 Å². The molecule has 162 valence electrons. The van der Waals surface area contributed by atoms with Crippen molar-refractivity contribution in [2.45, 2.75) is 57.4 Å². The molecule has 0 unspecified atom stereocenters. The summed E-state index contributed by atoms with van der Waals surface area (Å²) in [5.74, 6) is 1.12. The van der Waals surface area contributed by atoms with E-state index in [4.69, 9.17) is 0 Å². The zero-order chi connectivity index (χ0) is 19.7. The van der Waals surface area contributed by atoms with Crippen LogP contribution in [0.2, 0.25) is 0 Å². The van der Waals surface area contributed by atoms with E-state index in [-0.39, 0.29) is 18.3 Å². The highest BCUT2D eigenvalue weighted by atomic mass is 35.5. The number of hydrogen-bond acceptors (Lipinski definition) is 3. The monoisotopic (exact) mass is 444 g/mol. The number of nitrogens with zero attached hydrogens (tertiary/aromatic N) is 2. The summed E-state index contributed by atoms with van der Waals surface area (Å²) in [5.41, 5.74) is 1.52. The van der Waals surface area contributed by atoms with E-state index in [1.54, 1.807) is 11.3 Å². The number of rotatable bonds is 5. The highest BCUT2D eigenvalue weighted by molar-refractivity contribution is 7.12. The lowest BCUT2D eigenvalue weighted by molar-refractivity contribution is 0.0111. The molecular weight excluding hydrogens is 412 g/mol. The molecule has 5 heteroatoms. The van der Waals surface area contributed by atoms with Gasteiger partial charge in [0, 0.05) is 18.3 Å². The van der Waals surface area contributed by atoms with E-state index in [0.29, 0.717) is 11.5 Å². The minimum Gasteiger partial charge on any atom is -0.305 e. The van der Waals surface area contributed by atoms with Crippen LogP contribution in [-0.2, 0) is 0 Å². The Labute approximate surface area is 190 Å². The fraction of sp³-hybridized carbons (Fsp3) is 0.560. The van der Waals surface area contributed by atoms with Crippen LogP contribution >= 0.6 is 23.7 Å². The predicted molar refractivity (Wildman–Crippen MR) is 128 cm³/mol. The molecule has 2 saturated carbocycles. The van der Waals surface area contributed by atoms with E-state index in [1.165, 1.54) is 58.2 Å². The largest absolute Gasteiger partial charge is 0.305 e. The maximum Gasteiger partial charge on any atom is 0.268 e. The Balaban J connectivity index is 0.00000218. The van der Waals surface area contributed by atoms with Gasteiger partial charge in [0.25, 0.3) is 5.91 Å². The summed E-state index contributed by atoms with van der Waals surface area (Å²) in [7, 11) is 0. The van der Waals surface area contributed by atoms with Crippen molar-refractivity contribution in [3.8, 4) is 0 Å². The Hall–Kier alpha value is -1.36. The summed E-state index contributed by atoms with van der Waals surface area (Å²) in [4.78, 5) is 18.9. The lowest BCUT2D eigenvalue weighted by atomic mass is 9.60. The van der Waals surface area contributed by atoms with E-state index in [0.717, 1.165) is 29.3 Å². The molecule has 2 aromatic rings. The number of hydrogen-bond donors (Lipinski definition) is 0. The van der Waals surface area contributed by atoms with Crippen molar-refractivity contribution in [2.24, 2.45) is 11.3 Å². The normalized spacial score (nSPS) is 21.9. The minimum absolute atomic E-state index is 0. The van der Waals surface area contributed by atoms with Crippen molar-refractivity contribution in [1.82, 2.24) is 4.90 Å². The van der Waals surface area contributed by atoms with Crippen LogP contribution in [0.3, 0.4) is 0 Å². The van der Waals surface area contributed by atoms with Gasteiger partial charge >= 0.3 is 0 Å². The summed E-state index contributed by atoms with van der Waals surface area (Å²) < 4.78 is 0. The van der Waals surface area contributed by atoms with E-state index in [1.807, 2.05) is 35.7 Å². The highest BCUT2D eigenvalue weighted by Crippen LogP contribution is 2.52. The van der Waals surface area contributed by atoms with Crippen LogP contribution in [0, 0.1) is 11.3 Å². The molecule has 1 aromatic heterocycles. The van der Waals surface area contributed by atoms with E-state index < -0.39 is 0 Å². The number of likely N-dealkylation sites (tertiary alicyclic amines) is 1. The number of amides is 1. The Morgan fingerprint density at radius 1 is 1.03 bits per heavy atom. The number of thiophene rings is 1. The van der Waals surface area contributed by atoms with Gasteiger partial charge in [-0.25, -0.2) is 0 Å². The summed E-state index contributed by atoms with van der Waals surface area (Å²) in [5, 5.41) is 2.00. The average Bonchev–Trinajstić information content (AvgIpc) is 3.43. The molecule has 1 saturated heterocycles. The van der Waals surface area contributed by atoms with E-state index >= 15 is 0 Å². The van der Waals surface area contributed by atoms with Crippen molar-refractivity contribution in [3.63, 3.8) is 0 Å². The molecule has 0 radical (unpaired) electrons. The van der Waals surface area contributed by atoms with Gasteiger partial charge in [-0.2, -0.15) is 0 Å². The van der Waals surface area contributed by atoms with E-state index in [2.05, 4.69) is 21.9 Å². The standard InChI is InChI=1S/C25H32N2OS.ClH/c28-24(23-11-6-16-29-23)27(21-9-2-1-3-10-21)22-17-25(18-22)12-14-26(15-13-25)19-20-7-4-5-8-20;/h1-3,6,9-11,16,20,22H,4-5,7-8,12-15,17-19H2;1H. The maximum atomic E-state index is 13.3. The quantitative estimate of drug-likeness (QED) is 0.544. The second-order valence-electron chi connectivity index (χ2n) is 9.50. The topological polar surface area (TPSA) is 23.6 Å². The molecule has 2 aliphatic carbocycles. The zero-order valence-electron chi connectivity index (χ0n) is 17.7. The molecule has 3 fully saturated rings. The SMILES string of the molecule is Cl.O=C(c1cccs1)N(c1ccccc1)C1CC2(CCN(CC3CCCC3)CC2)C1. The van der Waals surface area contributed by atoms with Crippen LogP contribution in [0.15, 0.2) is 47.8 Å². The number of carbonyl (C=O) groups is 1. The van der Waals surface area contributed by atoms with Gasteiger partial charge in [0.2, 0.25) is 0 Å². The Morgan fingerprint density at radius 2 is 1.73 bits per heavy atom. The van der Waals surface area contributed by atoms with Crippen LogP contribution in [0.25, 0.3) is 0 Å². The molecule has 3 nitrogen and oxygen atoms in total. The fourth-order valence-electron chi connectivity index (χ4n) is 5.90. The molecule has 1 spiro atoms. The number of benzene rings is 1. The second kappa shape index (κ2) is 9.42. The van der Waals surface area contributed by atoms with Crippen LogP contribution < -0.4 is 4.90 Å². The second-order valence-corrected chi connectivity index (χ2v) is 10.4. The fourth-order valence-corrected chi connectivity index (χ4v) is 6.56. The summed E-state index contributed by atoms with van der Waals surface area (Å²) in [6.45, 7) is 3.84. The third-order valence-electron chi connectivity index (χ3n) is 7.60. The first-order valence-corrected chi connectivity index (χ1v) is 12.2. The smallest absolute Gasteiger partial charge is 0.268 e. The van der Waals surface area contributed by atoms with Gasteiger partial charge in [0.15, 0.2) is 0 Å². The minimum atomic E-state index is 0. The van der Waals surface area contributed by atoms with Crippen molar-refractivity contribution in [1.29, 1.82) is 0 Å². The van der Waals surface area contributed by atoms with Gasteiger partial charge in [-0.3, -0.25) is 4.79 Å². The molecule has 0 N–H and O–H groups in total. The summed E-state index contributed by atoms with van der Waals surface area (Å²) >= 11 is 1.55. The van der Waals surface area contributed by atoms with Gasteiger partial charge in [-0.1, -0.05) is 37.1 Å². The number of anilines is 1. The number of piperidine rings is 1. The average molecular weight is 445 g/mol. The van der Waals surface area contributed by atoms with Gasteiger partial charge in [-0.05, 0) is 86.5 Å². The molecule has 1 aromatic carbocycles. The first kappa shape index (κ1) is 21.9. The van der Waals surface area contributed by atoms with Crippen LogP contribution in [-0.4, -0.2) is 36.5 Å². The Bertz CT molecular complexity index is 803. The van der Waals surface area contributed by atoms with Gasteiger partial charge in [0.1, 0.15) is 0 Å². The van der Waals surface area contributed by atoms with Crippen molar-refractivity contribution < 1.29 is 4.79 Å². The van der Waals surface area contributed by atoms with Gasteiger partial charge in [0.05, 0.1) is 4.88 Å². The van der Waals surface area contributed by atoms with Crippen LogP contribution in [0.4, 0.5) is 5.69 Å². The third-order valence-corrected chi connectivity index (χ3v) is 8.45. The zero-order valence-corrected chi connectivity index (χ0v) is 19.3. The predicted octanol–water partition coefficient (Wildman–Crippen LogP) is 6.25. The first-order chi connectivity index (χ1) is 14.2. The molecule has 5 rings (SSSR count). The number of para-hydroxylation sites is 1. The number of halogens is 1. The summed E-state index contributed by atoms with van der Waals surface area (Å²) in [6, 6.07) is 14.6. The maximum absolute atomic E-state index is 13.3. The van der Waals surface area contributed by atoms with Crippen molar-refractivity contribution in [3.05, 3.63) is 52.7 Å². The first-order valence-electron chi connectivity index (χ1n) is 11.4. The molecule has 3 aliphatic rings. The van der Waals surface area contributed by atoms with Gasteiger partial charge in [-0.15, -0.1) is 23.7 Å². The number of carbonyl (C=O) groups excluding carboxylic acids is 1. The molecule has 1 amide bonds. The molecule has 30 heavy (non-hydrogen) atoms. The van der Waals surface area contributed by atoms with Crippen LogP contribution in [0.1, 0.15) is 61.0 Å². The van der Waals surface area contributed by atoms with Crippen molar-refractivity contribution in [2.75, 3.05) is 24.5 Å². The Kier molecular flexibility index (Phi) is 6.86. The lowest BCUT2D eigenvalue weighted by Crippen LogP contribution is -2.56. The third kappa shape index (κ3) is 4.46. The van der Waals surface area contributed by atoms with Gasteiger partial charge < -0.3 is 9.80 Å². The lowest BCUT2D eigenvalue weighted by Gasteiger charge is -2.55. The Morgan fingerprint density at radius 3 is 2.37 bits per heavy atom. The van der Waals surface area contributed by atoms with Crippen molar-refractivity contribution >= 4 is 35.3 Å². The molecular formula is C25H33ClN2OS. The molecule has 0 bridgehead atoms. The highest BCUT2D eigenvalue weighted by Gasteiger charge is 2.49. The molecule has 0 atom stereocenters. The summed E-state index contributed by atoms with van der Waals surface area (Å²) in [6.07, 6.45) is 10.7.